The van der Waals surface area contributed by atoms with Crippen molar-refractivity contribution in [2.75, 3.05) is 7.05 Å². The number of fused-ring (bicyclic) bond motifs is 2. The molecule has 0 aromatic heterocycles. The summed E-state index contributed by atoms with van der Waals surface area (Å²) in [6, 6.07) is 1.68. The molecule has 3 rings (SSSR count). The summed E-state index contributed by atoms with van der Waals surface area (Å²) in [5.41, 5.74) is 0. The molecular weight excluding hydrogens is 196 g/mol. The first-order chi connectivity index (χ1) is 7.90. The van der Waals surface area contributed by atoms with E-state index in [1.54, 1.807) is 0 Å². The van der Waals surface area contributed by atoms with Gasteiger partial charge in [-0.1, -0.05) is 36.5 Å². The quantitative estimate of drug-likeness (QED) is 0.651. The predicted molar refractivity (Wildman–Crippen MR) is 67.2 cm³/mol. The maximum atomic E-state index is 3.76. The lowest BCUT2D eigenvalue weighted by molar-refractivity contribution is 0.163. The van der Waals surface area contributed by atoms with Crippen LogP contribution in [0.15, 0.2) is 36.5 Å². The lowest BCUT2D eigenvalue weighted by Gasteiger charge is -2.47. The van der Waals surface area contributed by atoms with Gasteiger partial charge in [0, 0.05) is 24.0 Å². The Morgan fingerprint density at radius 3 is 2.88 bits per heavy atom. The molecule has 0 aromatic rings. The zero-order valence-corrected chi connectivity index (χ0v) is 9.77. The molecule has 0 aromatic carbocycles. The van der Waals surface area contributed by atoms with Crippen LogP contribution in [0.4, 0.5) is 0 Å². The highest BCUT2D eigenvalue weighted by molar-refractivity contribution is 5.24. The SMILES string of the molecule is CNC1C2C=CC=CC2NC2C=CCCC21. The number of rotatable bonds is 1. The lowest BCUT2D eigenvalue weighted by atomic mass is 9.71. The fourth-order valence-electron chi connectivity index (χ4n) is 3.48. The fourth-order valence-corrected chi connectivity index (χ4v) is 3.48. The highest BCUT2D eigenvalue weighted by atomic mass is 15.0. The van der Waals surface area contributed by atoms with Crippen molar-refractivity contribution in [2.24, 2.45) is 11.8 Å². The van der Waals surface area contributed by atoms with Gasteiger partial charge in [0.1, 0.15) is 0 Å². The maximum absolute atomic E-state index is 3.76. The first kappa shape index (κ1) is 10.3. The van der Waals surface area contributed by atoms with Gasteiger partial charge in [-0.25, -0.2) is 0 Å². The van der Waals surface area contributed by atoms with E-state index in [0.29, 0.717) is 24.0 Å². The van der Waals surface area contributed by atoms with Gasteiger partial charge >= 0.3 is 0 Å². The van der Waals surface area contributed by atoms with E-state index in [4.69, 9.17) is 0 Å². The highest BCUT2D eigenvalue weighted by Gasteiger charge is 2.41. The molecular formula is C14H20N2. The van der Waals surface area contributed by atoms with Gasteiger partial charge in [-0.2, -0.15) is 0 Å². The summed E-state index contributed by atoms with van der Waals surface area (Å²) >= 11 is 0. The molecule has 3 aliphatic rings. The van der Waals surface area contributed by atoms with E-state index in [-0.39, 0.29) is 0 Å². The number of hydrogen-bond acceptors (Lipinski definition) is 2. The van der Waals surface area contributed by atoms with Crippen LogP contribution in [0.2, 0.25) is 0 Å². The monoisotopic (exact) mass is 216 g/mol. The van der Waals surface area contributed by atoms with Crippen LogP contribution in [0.3, 0.4) is 0 Å². The van der Waals surface area contributed by atoms with Gasteiger partial charge < -0.3 is 10.6 Å². The molecule has 2 nitrogen and oxygen atoms in total. The summed E-state index contributed by atoms with van der Waals surface area (Å²) in [7, 11) is 2.11. The summed E-state index contributed by atoms with van der Waals surface area (Å²) in [6.07, 6.45) is 16.2. The van der Waals surface area contributed by atoms with Gasteiger partial charge in [-0.05, 0) is 25.8 Å². The van der Waals surface area contributed by atoms with Crippen molar-refractivity contribution in [1.29, 1.82) is 0 Å². The van der Waals surface area contributed by atoms with E-state index in [2.05, 4.69) is 54.1 Å². The van der Waals surface area contributed by atoms with E-state index in [9.17, 15) is 0 Å². The van der Waals surface area contributed by atoms with Crippen molar-refractivity contribution >= 4 is 0 Å². The minimum Gasteiger partial charge on any atom is -0.316 e. The number of hydrogen-bond donors (Lipinski definition) is 2. The third kappa shape index (κ3) is 1.57. The molecule has 2 heteroatoms. The summed E-state index contributed by atoms with van der Waals surface area (Å²) in [6.45, 7) is 0. The van der Waals surface area contributed by atoms with E-state index in [0.717, 1.165) is 5.92 Å². The smallest absolute Gasteiger partial charge is 0.0336 e. The van der Waals surface area contributed by atoms with Crippen LogP contribution >= 0.6 is 0 Å². The molecule has 2 N–H and O–H groups in total. The molecule has 0 saturated carbocycles. The minimum absolute atomic E-state index is 0.506. The first-order valence-corrected chi connectivity index (χ1v) is 6.35. The molecule has 0 amide bonds. The Morgan fingerprint density at radius 2 is 2.00 bits per heavy atom. The first-order valence-electron chi connectivity index (χ1n) is 6.35. The number of nitrogens with one attached hydrogen (secondary N) is 2. The van der Waals surface area contributed by atoms with Crippen LogP contribution in [0.5, 0.6) is 0 Å². The Hall–Kier alpha value is -0.860. The fraction of sp³-hybridized carbons (Fsp3) is 0.571. The molecule has 0 bridgehead atoms. The third-order valence-electron chi connectivity index (χ3n) is 4.24. The van der Waals surface area contributed by atoms with Gasteiger partial charge in [-0.15, -0.1) is 0 Å². The van der Waals surface area contributed by atoms with Crippen molar-refractivity contribution in [1.82, 2.24) is 10.6 Å². The summed E-state index contributed by atoms with van der Waals surface area (Å²) in [4.78, 5) is 0. The zero-order chi connectivity index (χ0) is 11.0. The maximum Gasteiger partial charge on any atom is 0.0336 e. The van der Waals surface area contributed by atoms with E-state index in [1.165, 1.54) is 12.8 Å². The van der Waals surface area contributed by atoms with Crippen molar-refractivity contribution in [3.63, 3.8) is 0 Å². The van der Waals surface area contributed by atoms with Gasteiger partial charge in [0.25, 0.3) is 0 Å². The highest BCUT2D eigenvalue weighted by Crippen LogP contribution is 2.34. The third-order valence-corrected chi connectivity index (χ3v) is 4.24. The Morgan fingerprint density at radius 1 is 1.12 bits per heavy atom. The lowest BCUT2D eigenvalue weighted by Crippen LogP contribution is -2.62. The normalized spacial score (nSPS) is 45.2. The molecule has 0 spiro atoms. The molecule has 1 heterocycles. The summed E-state index contributed by atoms with van der Waals surface area (Å²) in [5, 5.41) is 7.30. The summed E-state index contributed by atoms with van der Waals surface area (Å²) in [5.74, 6) is 1.36. The number of allylic oxidation sites excluding steroid dienone is 3. The van der Waals surface area contributed by atoms with Crippen molar-refractivity contribution in [2.45, 2.75) is 31.0 Å². The standard InChI is InChI=1S/C14H20N2/c1-15-14-10-6-2-4-8-12(10)16-13-9-5-3-7-11(13)14/h2,4-6,8-16H,3,7H2,1H3. The largest absolute Gasteiger partial charge is 0.316 e. The van der Waals surface area contributed by atoms with Crippen molar-refractivity contribution in [3.05, 3.63) is 36.5 Å². The van der Waals surface area contributed by atoms with Gasteiger partial charge in [-0.3, -0.25) is 0 Å². The van der Waals surface area contributed by atoms with Crippen LogP contribution < -0.4 is 10.6 Å². The van der Waals surface area contributed by atoms with Crippen LogP contribution in [0, 0.1) is 11.8 Å². The van der Waals surface area contributed by atoms with E-state index in [1.807, 2.05) is 0 Å². The van der Waals surface area contributed by atoms with Crippen LogP contribution in [0.1, 0.15) is 12.8 Å². The minimum atomic E-state index is 0.506. The van der Waals surface area contributed by atoms with Crippen LogP contribution in [-0.4, -0.2) is 25.2 Å². The van der Waals surface area contributed by atoms with E-state index < -0.39 is 0 Å². The second kappa shape index (κ2) is 4.19. The van der Waals surface area contributed by atoms with Gasteiger partial charge in [0.05, 0.1) is 0 Å². The van der Waals surface area contributed by atoms with Crippen LogP contribution in [0.25, 0.3) is 0 Å². The predicted octanol–water partition coefficient (Wildman–Crippen LogP) is 1.62. The Balaban J connectivity index is 1.89. The second-order valence-electron chi connectivity index (χ2n) is 5.05. The molecule has 86 valence electrons. The summed E-state index contributed by atoms with van der Waals surface area (Å²) < 4.78 is 0. The molecule has 1 fully saturated rings. The zero-order valence-electron chi connectivity index (χ0n) is 9.77. The molecule has 16 heavy (non-hydrogen) atoms. The molecule has 5 unspecified atom stereocenters. The van der Waals surface area contributed by atoms with Gasteiger partial charge in [0.2, 0.25) is 0 Å². The molecule has 0 radical (unpaired) electrons. The van der Waals surface area contributed by atoms with Gasteiger partial charge in [0.15, 0.2) is 0 Å². The van der Waals surface area contributed by atoms with Crippen molar-refractivity contribution < 1.29 is 0 Å². The van der Waals surface area contributed by atoms with Crippen molar-refractivity contribution in [3.8, 4) is 0 Å². The van der Waals surface area contributed by atoms with E-state index >= 15 is 0 Å². The molecule has 5 atom stereocenters. The average Bonchev–Trinajstić information content (AvgIpc) is 2.36. The molecule has 1 aliphatic heterocycles. The Kier molecular flexibility index (Phi) is 2.70. The second-order valence-corrected chi connectivity index (χ2v) is 5.05. The number of piperidine rings is 1. The topological polar surface area (TPSA) is 24.1 Å². The Bertz CT molecular complexity index is 343. The Labute approximate surface area is 97.5 Å². The molecule has 2 aliphatic carbocycles. The van der Waals surface area contributed by atoms with Crippen LogP contribution in [-0.2, 0) is 0 Å². The molecule has 1 saturated heterocycles. The average molecular weight is 216 g/mol.